The van der Waals surface area contributed by atoms with Gasteiger partial charge in [0.05, 0.1) is 0 Å². The molecule has 1 aromatic rings. The first-order valence-corrected chi connectivity index (χ1v) is 7.70. The maximum atomic E-state index is 12.8. The van der Waals surface area contributed by atoms with Crippen molar-refractivity contribution in [3.05, 3.63) is 30.3 Å². The first kappa shape index (κ1) is 19.5. The van der Waals surface area contributed by atoms with E-state index in [0.29, 0.717) is 12.7 Å². The van der Waals surface area contributed by atoms with Gasteiger partial charge in [-0.1, -0.05) is 18.2 Å². The van der Waals surface area contributed by atoms with E-state index in [1.54, 1.807) is 41.4 Å². The van der Waals surface area contributed by atoms with E-state index in [1.165, 1.54) is 0 Å². The second-order valence-corrected chi connectivity index (χ2v) is 5.76. The van der Waals surface area contributed by atoms with Crippen molar-refractivity contribution >= 4 is 11.9 Å². The van der Waals surface area contributed by atoms with Gasteiger partial charge in [-0.15, -0.1) is 4.99 Å². The molecule has 0 saturated carbocycles. The average Bonchev–Trinajstić information content (AvgIpc) is 2.61. The van der Waals surface area contributed by atoms with Gasteiger partial charge in [0.15, 0.2) is 0 Å². The molecular weight excluding hydrogens is 353 g/mol. The lowest BCUT2D eigenvalue weighted by Gasteiger charge is -2.38. The number of para-hydroxylation sites is 1. The van der Waals surface area contributed by atoms with Gasteiger partial charge in [-0.3, -0.25) is 4.79 Å². The molecule has 2 rings (SSSR count). The SMILES string of the molecule is C[C@@](O)(C(=O)N1CCN(C(=NC#N)Oc2ccccc2)CC1)C(F)(F)F. The van der Waals surface area contributed by atoms with Crippen molar-refractivity contribution in [3.63, 3.8) is 0 Å². The van der Waals surface area contributed by atoms with Crippen molar-refractivity contribution in [2.75, 3.05) is 26.2 Å². The van der Waals surface area contributed by atoms with E-state index in [1.807, 2.05) is 0 Å². The second kappa shape index (κ2) is 7.61. The standard InChI is InChI=1S/C16H17F3N4O3/c1-15(25,16(17,18)19)13(24)22-7-9-23(10-8-22)14(21-11-20)26-12-5-3-2-4-6-12/h2-6,25H,7-10H2,1H3/t15-/m1/s1. The Labute approximate surface area is 147 Å². The van der Waals surface area contributed by atoms with Crippen molar-refractivity contribution in [1.29, 1.82) is 5.26 Å². The van der Waals surface area contributed by atoms with Crippen LogP contribution in [-0.2, 0) is 4.79 Å². The third kappa shape index (κ3) is 4.23. The molecule has 0 bridgehead atoms. The first-order valence-electron chi connectivity index (χ1n) is 7.70. The van der Waals surface area contributed by atoms with E-state index < -0.39 is 17.7 Å². The van der Waals surface area contributed by atoms with Crippen LogP contribution < -0.4 is 4.74 Å². The van der Waals surface area contributed by atoms with E-state index >= 15 is 0 Å². The van der Waals surface area contributed by atoms with Crippen LogP contribution in [0.25, 0.3) is 0 Å². The topological polar surface area (TPSA) is 89.2 Å². The van der Waals surface area contributed by atoms with Gasteiger partial charge < -0.3 is 19.6 Å². The van der Waals surface area contributed by atoms with Crippen LogP contribution in [0.5, 0.6) is 5.75 Å². The summed E-state index contributed by atoms with van der Waals surface area (Å²) in [4.78, 5) is 18.0. The Morgan fingerprint density at radius 2 is 1.73 bits per heavy atom. The van der Waals surface area contributed by atoms with Gasteiger partial charge in [-0.25, -0.2) is 0 Å². The number of halogens is 3. The van der Waals surface area contributed by atoms with E-state index in [9.17, 15) is 23.1 Å². The smallest absolute Gasteiger partial charge is 0.425 e. The normalized spacial score (nSPS) is 18.1. The number of nitrogens with zero attached hydrogens (tertiary/aromatic N) is 4. The third-order valence-corrected chi connectivity index (χ3v) is 3.90. The monoisotopic (exact) mass is 370 g/mol. The molecule has 0 unspecified atom stereocenters. The zero-order valence-corrected chi connectivity index (χ0v) is 13.9. The molecule has 10 heteroatoms. The lowest BCUT2D eigenvalue weighted by Crippen LogP contribution is -2.60. The molecule has 1 N–H and O–H groups in total. The Hall–Kier alpha value is -2.80. The molecule has 1 aromatic carbocycles. The van der Waals surface area contributed by atoms with Crippen LogP contribution in [0.4, 0.5) is 13.2 Å². The Morgan fingerprint density at radius 1 is 1.19 bits per heavy atom. The number of hydrogen-bond acceptors (Lipinski definition) is 5. The van der Waals surface area contributed by atoms with E-state index in [0.717, 1.165) is 4.90 Å². The number of benzene rings is 1. The van der Waals surface area contributed by atoms with Gasteiger partial charge in [-0.05, 0) is 19.1 Å². The lowest BCUT2D eigenvalue weighted by molar-refractivity contribution is -0.250. The van der Waals surface area contributed by atoms with Crippen LogP contribution in [0.15, 0.2) is 35.3 Å². The predicted octanol–water partition coefficient (Wildman–Crippen LogP) is 1.36. The molecule has 1 heterocycles. The Morgan fingerprint density at radius 3 is 2.23 bits per heavy atom. The number of ether oxygens (including phenoxy) is 1. The molecule has 1 saturated heterocycles. The number of aliphatic imine (C=N–C) groups is 1. The second-order valence-electron chi connectivity index (χ2n) is 5.76. The molecular formula is C16H17F3N4O3. The lowest BCUT2D eigenvalue weighted by atomic mass is 10.0. The van der Waals surface area contributed by atoms with E-state index in [-0.39, 0.29) is 32.2 Å². The van der Waals surface area contributed by atoms with Crippen molar-refractivity contribution in [2.45, 2.75) is 18.7 Å². The summed E-state index contributed by atoms with van der Waals surface area (Å²) in [7, 11) is 0. The van der Waals surface area contributed by atoms with Crippen molar-refractivity contribution in [1.82, 2.24) is 9.80 Å². The zero-order valence-electron chi connectivity index (χ0n) is 13.9. The number of aliphatic hydroxyl groups is 1. The molecule has 1 amide bonds. The Kier molecular flexibility index (Phi) is 5.72. The quantitative estimate of drug-likeness (QED) is 0.482. The summed E-state index contributed by atoms with van der Waals surface area (Å²) in [6, 6.07) is 8.56. The minimum Gasteiger partial charge on any atom is -0.425 e. The maximum Gasteiger partial charge on any atom is 0.426 e. The third-order valence-electron chi connectivity index (χ3n) is 3.90. The van der Waals surface area contributed by atoms with Crippen molar-refractivity contribution in [2.24, 2.45) is 4.99 Å². The van der Waals surface area contributed by atoms with Gasteiger partial charge >= 0.3 is 12.2 Å². The fraction of sp³-hybridized carbons (Fsp3) is 0.438. The number of nitriles is 1. The summed E-state index contributed by atoms with van der Waals surface area (Å²) in [5.74, 6) is -0.965. The molecule has 0 spiro atoms. The van der Waals surface area contributed by atoms with E-state index in [4.69, 9.17) is 10.00 Å². The molecule has 1 fully saturated rings. The number of piperazine rings is 1. The van der Waals surface area contributed by atoms with Crippen LogP contribution in [-0.4, -0.2) is 64.8 Å². The number of carbonyl (C=O) groups is 1. The minimum absolute atomic E-state index is 0.00613. The zero-order chi connectivity index (χ0) is 19.4. The molecule has 0 radical (unpaired) electrons. The minimum atomic E-state index is -5.06. The summed E-state index contributed by atoms with van der Waals surface area (Å²) in [6.45, 7) is 0.490. The van der Waals surface area contributed by atoms with Crippen LogP contribution in [0.3, 0.4) is 0 Å². The van der Waals surface area contributed by atoms with Crippen LogP contribution in [0, 0.1) is 11.5 Å². The highest BCUT2D eigenvalue weighted by molar-refractivity contribution is 5.86. The highest BCUT2D eigenvalue weighted by atomic mass is 19.4. The summed E-state index contributed by atoms with van der Waals surface area (Å²) in [5.41, 5.74) is -3.45. The van der Waals surface area contributed by atoms with Gasteiger partial charge in [0.2, 0.25) is 11.8 Å². The van der Waals surface area contributed by atoms with Gasteiger partial charge in [0.1, 0.15) is 5.75 Å². The fourth-order valence-corrected chi connectivity index (χ4v) is 2.32. The average molecular weight is 370 g/mol. The number of hydrogen-bond donors (Lipinski definition) is 1. The first-order chi connectivity index (χ1) is 12.2. The van der Waals surface area contributed by atoms with Gasteiger partial charge in [-0.2, -0.15) is 18.4 Å². The Balaban J connectivity index is 2.03. The number of amidine groups is 1. The molecule has 7 nitrogen and oxygen atoms in total. The molecule has 0 aromatic heterocycles. The number of amides is 1. The maximum absolute atomic E-state index is 12.8. The summed E-state index contributed by atoms with van der Waals surface area (Å²) in [5, 5.41) is 18.3. The fourth-order valence-electron chi connectivity index (χ4n) is 2.32. The molecule has 1 aliphatic rings. The van der Waals surface area contributed by atoms with Gasteiger partial charge in [0.25, 0.3) is 5.91 Å². The van der Waals surface area contributed by atoms with E-state index in [2.05, 4.69) is 4.99 Å². The largest absolute Gasteiger partial charge is 0.426 e. The highest BCUT2D eigenvalue weighted by Crippen LogP contribution is 2.31. The molecule has 0 aliphatic carbocycles. The van der Waals surface area contributed by atoms with Crippen molar-refractivity contribution < 1.29 is 27.8 Å². The molecule has 140 valence electrons. The van der Waals surface area contributed by atoms with Gasteiger partial charge in [0, 0.05) is 26.2 Å². The highest BCUT2D eigenvalue weighted by Gasteiger charge is 2.57. The predicted molar refractivity (Wildman–Crippen MR) is 84.9 cm³/mol. The van der Waals surface area contributed by atoms with Crippen LogP contribution >= 0.6 is 0 Å². The summed E-state index contributed by atoms with van der Waals surface area (Å²) >= 11 is 0. The number of rotatable bonds is 2. The van der Waals surface area contributed by atoms with Crippen molar-refractivity contribution in [3.8, 4) is 11.9 Å². The van der Waals surface area contributed by atoms with Crippen LogP contribution in [0.1, 0.15) is 6.92 Å². The number of carbonyl (C=O) groups excluding carboxylic acids is 1. The molecule has 1 atom stereocenters. The summed E-state index contributed by atoms with van der Waals surface area (Å²) < 4.78 is 43.9. The summed E-state index contributed by atoms with van der Waals surface area (Å²) in [6.07, 6.45) is -3.45. The van der Waals surface area contributed by atoms with Crippen LogP contribution in [0.2, 0.25) is 0 Å². The molecule has 26 heavy (non-hydrogen) atoms. The number of alkyl halides is 3. The molecule has 1 aliphatic heterocycles. The Bertz CT molecular complexity index is 706.